The second-order valence-corrected chi connectivity index (χ2v) is 5.93. The summed E-state index contributed by atoms with van der Waals surface area (Å²) in [5, 5.41) is 15.7. The van der Waals surface area contributed by atoms with E-state index in [9.17, 15) is 14.7 Å². The van der Waals surface area contributed by atoms with E-state index in [-0.39, 0.29) is 24.9 Å². The van der Waals surface area contributed by atoms with Gasteiger partial charge in [-0.15, -0.1) is 0 Å². The summed E-state index contributed by atoms with van der Waals surface area (Å²) in [7, 11) is 0. The van der Waals surface area contributed by atoms with Crippen molar-refractivity contribution in [2.75, 3.05) is 13.1 Å². The van der Waals surface area contributed by atoms with Gasteiger partial charge in [-0.2, -0.15) is 0 Å². The molecule has 0 aliphatic carbocycles. The molecule has 0 saturated heterocycles. The average Bonchev–Trinajstić information content (AvgIpc) is 2.91. The maximum Gasteiger partial charge on any atom is 0.251 e. The molecule has 1 unspecified atom stereocenters. The van der Waals surface area contributed by atoms with Crippen LogP contribution in [-0.4, -0.2) is 30.0 Å². The van der Waals surface area contributed by atoms with Gasteiger partial charge in [-0.1, -0.05) is 18.2 Å². The lowest BCUT2D eigenvalue weighted by Crippen LogP contribution is -2.43. The highest BCUT2D eigenvalue weighted by atomic mass is 16.3. The Hall–Kier alpha value is -2.60. The quantitative estimate of drug-likeness (QED) is 0.751. The molecule has 1 atom stereocenters. The topological polar surface area (TPSA) is 91.6 Å². The van der Waals surface area contributed by atoms with E-state index in [2.05, 4.69) is 10.6 Å². The molecule has 2 aromatic rings. The van der Waals surface area contributed by atoms with Gasteiger partial charge >= 0.3 is 0 Å². The van der Waals surface area contributed by atoms with Crippen LogP contribution in [0.2, 0.25) is 0 Å². The second kappa shape index (κ2) is 7.31. The largest absolute Gasteiger partial charge is 0.466 e. The van der Waals surface area contributed by atoms with E-state index in [0.717, 1.165) is 0 Å². The molecule has 1 aromatic heterocycles. The Bertz CT molecular complexity index is 720. The maximum atomic E-state index is 11.9. The zero-order chi connectivity index (χ0) is 17.7. The van der Waals surface area contributed by atoms with Crippen LogP contribution in [0.4, 0.5) is 0 Å². The molecule has 0 aliphatic heterocycles. The van der Waals surface area contributed by atoms with Crippen LogP contribution in [0.3, 0.4) is 0 Å². The molecular weight excluding hydrogens is 308 g/mol. The first-order valence-electron chi connectivity index (χ1n) is 7.69. The number of rotatable bonds is 6. The standard InChI is InChI=1S/C18H22N2O4/c1-12-9-15(13(2)24-12)18(3,23)11-20-16(21)10-19-17(22)14-7-5-4-6-8-14/h4-9,23H,10-11H2,1-3H3,(H,19,22)(H,20,21). The molecule has 0 bridgehead atoms. The molecule has 0 spiro atoms. The first-order valence-corrected chi connectivity index (χ1v) is 7.69. The molecule has 6 heteroatoms. The summed E-state index contributed by atoms with van der Waals surface area (Å²) in [5.74, 6) is 0.615. The van der Waals surface area contributed by atoms with Crippen LogP contribution in [0, 0.1) is 13.8 Å². The molecule has 0 radical (unpaired) electrons. The molecule has 2 amide bonds. The molecule has 0 aliphatic rings. The van der Waals surface area contributed by atoms with Gasteiger partial charge in [0.1, 0.15) is 17.1 Å². The highest BCUT2D eigenvalue weighted by molar-refractivity contribution is 5.96. The number of furan rings is 1. The van der Waals surface area contributed by atoms with Gasteiger partial charge in [0.05, 0.1) is 13.1 Å². The maximum absolute atomic E-state index is 11.9. The Balaban J connectivity index is 1.84. The van der Waals surface area contributed by atoms with Gasteiger partial charge in [0.25, 0.3) is 5.91 Å². The SMILES string of the molecule is Cc1cc(C(C)(O)CNC(=O)CNC(=O)c2ccccc2)c(C)o1. The third kappa shape index (κ3) is 4.45. The van der Waals surface area contributed by atoms with Crippen molar-refractivity contribution in [3.63, 3.8) is 0 Å². The minimum atomic E-state index is -1.25. The van der Waals surface area contributed by atoms with Crippen LogP contribution < -0.4 is 10.6 Å². The second-order valence-electron chi connectivity index (χ2n) is 5.93. The number of hydrogen-bond acceptors (Lipinski definition) is 4. The molecule has 3 N–H and O–H groups in total. The lowest BCUT2D eigenvalue weighted by Gasteiger charge is -2.23. The number of carbonyl (C=O) groups is 2. The number of amides is 2. The summed E-state index contributed by atoms with van der Waals surface area (Å²) >= 11 is 0. The number of hydrogen-bond donors (Lipinski definition) is 3. The molecule has 24 heavy (non-hydrogen) atoms. The van der Waals surface area contributed by atoms with Crippen molar-refractivity contribution >= 4 is 11.8 Å². The number of carbonyl (C=O) groups excluding carboxylic acids is 2. The summed E-state index contributed by atoms with van der Waals surface area (Å²) < 4.78 is 5.41. The van der Waals surface area contributed by atoms with Gasteiger partial charge in [0.15, 0.2) is 0 Å². The van der Waals surface area contributed by atoms with E-state index in [1.54, 1.807) is 51.1 Å². The normalized spacial score (nSPS) is 13.2. The Morgan fingerprint density at radius 1 is 1.17 bits per heavy atom. The Morgan fingerprint density at radius 2 is 1.83 bits per heavy atom. The predicted molar refractivity (Wildman–Crippen MR) is 89.5 cm³/mol. The van der Waals surface area contributed by atoms with Crippen molar-refractivity contribution in [3.05, 3.63) is 59.0 Å². The minimum Gasteiger partial charge on any atom is -0.466 e. The molecule has 0 saturated carbocycles. The summed E-state index contributed by atoms with van der Waals surface area (Å²) in [4.78, 5) is 23.8. The first-order chi connectivity index (χ1) is 11.3. The zero-order valence-corrected chi connectivity index (χ0v) is 14.1. The van der Waals surface area contributed by atoms with Crippen molar-refractivity contribution in [2.45, 2.75) is 26.4 Å². The van der Waals surface area contributed by atoms with Crippen molar-refractivity contribution in [2.24, 2.45) is 0 Å². The van der Waals surface area contributed by atoms with Gasteiger partial charge in [-0.25, -0.2) is 0 Å². The highest BCUT2D eigenvalue weighted by Crippen LogP contribution is 2.26. The van der Waals surface area contributed by atoms with Crippen molar-refractivity contribution in [1.82, 2.24) is 10.6 Å². The Morgan fingerprint density at radius 3 is 2.42 bits per heavy atom. The number of aliphatic hydroxyl groups is 1. The van der Waals surface area contributed by atoms with Crippen LogP contribution >= 0.6 is 0 Å². The van der Waals surface area contributed by atoms with E-state index < -0.39 is 5.60 Å². The lowest BCUT2D eigenvalue weighted by molar-refractivity contribution is -0.121. The van der Waals surface area contributed by atoms with E-state index in [1.165, 1.54) is 0 Å². The molecule has 2 rings (SSSR count). The Kier molecular flexibility index (Phi) is 5.41. The monoisotopic (exact) mass is 330 g/mol. The first kappa shape index (κ1) is 17.7. The van der Waals surface area contributed by atoms with Gasteiger partial charge < -0.3 is 20.2 Å². The molecule has 1 aromatic carbocycles. The predicted octanol–water partition coefficient (Wildman–Crippen LogP) is 1.65. The van der Waals surface area contributed by atoms with Crippen LogP contribution in [0.15, 0.2) is 40.8 Å². The smallest absolute Gasteiger partial charge is 0.251 e. The Labute approximate surface area is 140 Å². The van der Waals surface area contributed by atoms with Crippen LogP contribution in [-0.2, 0) is 10.4 Å². The fourth-order valence-electron chi connectivity index (χ4n) is 2.45. The summed E-state index contributed by atoms with van der Waals surface area (Å²) in [6.45, 7) is 5.02. The molecule has 0 fully saturated rings. The molecule has 1 heterocycles. The van der Waals surface area contributed by atoms with Gasteiger partial charge in [-0.3, -0.25) is 9.59 Å². The van der Waals surface area contributed by atoms with Gasteiger partial charge in [0.2, 0.25) is 5.91 Å². The van der Waals surface area contributed by atoms with Crippen LogP contribution in [0.25, 0.3) is 0 Å². The minimum absolute atomic E-state index is 0.0207. The fourth-order valence-corrected chi connectivity index (χ4v) is 2.45. The van der Waals surface area contributed by atoms with Crippen molar-refractivity contribution in [1.29, 1.82) is 0 Å². The number of aryl methyl sites for hydroxylation is 2. The third-order valence-corrected chi connectivity index (χ3v) is 3.70. The summed E-state index contributed by atoms with van der Waals surface area (Å²) in [6.07, 6.45) is 0. The van der Waals surface area contributed by atoms with E-state index in [4.69, 9.17) is 4.42 Å². The van der Waals surface area contributed by atoms with Crippen molar-refractivity contribution < 1.29 is 19.1 Å². The zero-order valence-electron chi connectivity index (χ0n) is 14.1. The summed E-state index contributed by atoms with van der Waals surface area (Å²) in [5.41, 5.74) is -0.128. The molecular formula is C18H22N2O4. The van der Waals surface area contributed by atoms with Gasteiger partial charge in [-0.05, 0) is 39.0 Å². The fraction of sp³-hybridized carbons (Fsp3) is 0.333. The number of nitrogens with one attached hydrogen (secondary N) is 2. The lowest BCUT2D eigenvalue weighted by atomic mass is 9.96. The molecule has 128 valence electrons. The van der Waals surface area contributed by atoms with Crippen LogP contribution in [0.5, 0.6) is 0 Å². The van der Waals surface area contributed by atoms with Gasteiger partial charge in [0, 0.05) is 11.1 Å². The van der Waals surface area contributed by atoms with E-state index >= 15 is 0 Å². The highest BCUT2D eigenvalue weighted by Gasteiger charge is 2.28. The summed E-state index contributed by atoms with van der Waals surface area (Å²) in [6, 6.07) is 10.4. The molecule has 6 nitrogen and oxygen atoms in total. The van der Waals surface area contributed by atoms with Crippen molar-refractivity contribution in [3.8, 4) is 0 Å². The third-order valence-electron chi connectivity index (χ3n) is 3.70. The average molecular weight is 330 g/mol. The van der Waals surface area contributed by atoms with E-state index in [1.807, 2.05) is 6.07 Å². The van der Waals surface area contributed by atoms with Crippen LogP contribution in [0.1, 0.15) is 34.4 Å². The number of benzene rings is 1. The van der Waals surface area contributed by atoms with E-state index in [0.29, 0.717) is 22.6 Å².